The summed E-state index contributed by atoms with van der Waals surface area (Å²) in [5.41, 5.74) is 3.89. The maximum atomic E-state index is 2.25. The quantitative estimate of drug-likeness (QED) is 0.332. The van der Waals surface area contributed by atoms with Gasteiger partial charge in [-0.3, -0.25) is 0 Å². The Morgan fingerprint density at radius 2 is 1.30 bits per heavy atom. The van der Waals surface area contributed by atoms with Crippen LogP contribution in [0.1, 0.15) is 19.4 Å². The molecule has 0 nitrogen and oxygen atoms in total. The van der Waals surface area contributed by atoms with Crippen molar-refractivity contribution in [3.05, 3.63) is 84.4 Å². The molecular weight excluding hydrogens is 276 g/mol. The van der Waals surface area contributed by atoms with E-state index in [4.69, 9.17) is 0 Å². The van der Waals surface area contributed by atoms with Crippen LogP contribution in [-0.2, 0) is 0 Å². The SMILES string of the molecule is CC.Cc1cccc(-c2cccc3c2ccc2ccccc23)c1. The van der Waals surface area contributed by atoms with Crippen LogP contribution < -0.4 is 0 Å². The smallest absolute Gasteiger partial charge is 0.00990 e. The maximum absolute atomic E-state index is 2.25. The molecule has 114 valence electrons. The largest absolute Gasteiger partial charge is 0.0683 e. The molecule has 0 fully saturated rings. The van der Waals surface area contributed by atoms with Crippen molar-refractivity contribution in [1.82, 2.24) is 0 Å². The first-order valence-electron chi connectivity index (χ1n) is 8.30. The van der Waals surface area contributed by atoms with Gasteiger partial charge in [-0.1, -0.05) is 98.3 Å². The van der Waals surface area contributed by atoms with Crippen molar-refractivity contribution < 1.29 is 0 Å². The summed E-state index contributed by atoms with van der Waals surface area (Å²) in [6.07, 6.45) is 0. The maximum Gasteiger partial charge on any atom is -0.00990 e. The molecule has 4 rings (SSSR count). The first kappa shape index (κ1) is 15.3. The van der Waals surface area contributed by atoms with Gasteiger partial charge in [0.15, 0.2) is 0 Å². The van der Waals surface area contributed by atoms with Crippen LogP contribution in [-0.4, -0.2) is 0 Å². The van der Waals surface area contributed by atoms with Gasteiger partial charge in [-0.15, -0.1) is 0 Å². The van der Waals surface area contributed by atoms with Crippen molar-refractivity contribution in [2.24, 2.45) is 0 Å². The molecule has 0 spiro atoms. The lowest BCUT2D eigenvalue weighted by Gasteiger charge is -2.10. The summed E-state index contributed by atoms with van der Waals surface area (Å²) in [6, 6.07) is 28.4. The molecule has 23 heavy (non-hydrogen) atoms. The van der Waals surface area contributed by atoms with Crippen molar-refractivity contribution in [3.63, 3.8) is 0 Å². The van der Waals surface area contributed by atoms with Gasteiger partial charge in [0.1, 0.15) is 0 Å². The van der Waals surface area contributed by atoms with Crippen LogP contribution in [0.5, 0.6) is 0 Å². The fourth-order valence-corrected chi connectivity index (χ4v) is 3.10. The monoisotopic (exact) mass is 298 g/mol. The molecule has 0 radical (unpaired) electrons. The molecule has 0 atom stereocenters. The Morgan fingerprint density at radius 1 is 0.565 bits per heavy atom. The molecule has 4 aromatic rings. The lowest BCUT2D eigenvalue weighted by Crippen LogP contribution is -1.84. The number of fused-ring (bicyclic) bond motifs is 3. The Labute approximate surface area is 138 Å². The molecule has 0 saturated carbocycles. The van der Waals surface area contributed by atoms with Gasteiger partial charge in [0.2, 0.25) is 0 Å². The molecule has 0 aliphatic carbocycles. The van der Waals surface area contributed by atoms with E-state index in [0.29, 0.717) is 0 Å². The Bertz CT molecular complexity index is 948. The highest BCUT2D eigenvalue weighted by Crippen LogP contribution is 2.33. The number of rotatable bonds is 1. The molecule has 0 saturated heterocycles. The van der Waals surface area contributed by atoms with Crippen molar-refractivity contribution in [1.29, 1.82) is 0 Å². The summed E-state index contributed by atoms with van der Waals surface area (Å²) < 4.78 is 0. The lowest BCUT2D eigenvalue weighted by molar-refractivity contribution is 1.47. The van der Waals surface area contributed by atoms with Gasteiger partial charge in [0.05, 0.1) is 0 Å². The minimum absolute atomic E-state index is 1.29. The third-order valence-corrected chi connectivity index (χ3v) is 4.12. The molecular formula is C23H22. The second-order valence-electron chi connectivity index (χ2n) is 5.56. The van der Waals surface area contributed by atoms with Crippen LogP contribution in [0.2, 0.25) is 0 Å². The van der Waals surface area contributed by atoms with Crippen molar-refractivity contribution >= 4 is 21.5 Å². The number of hydrogen-bond acceptors (Lipinski definition) is 0. The van der Waals surface area contributed by atoms with Crippen LogP contribution in [0.4, 0.5) is 0 Å². The summed E-state index contributed by atoms with van der Waals surface area (Å²) >= 11 is 0. The summed E-state index contributed by atoms with van der Waals surface area (Å²) in [5, 5.41) is 5.27. The van der Waals surface area contributed by atoms with Gasteiger partial charge in [-0.2, -0.15) is 0 Å². The van der Waals surface area contributed by atoms with E-state index in [1.165, 1.54) is 38.2 Å². The molecule has 0 amide bonds. The van der Waals surface area contributed by atoms with Gasteiger partial charge in [-0.25, -0.2) is 0 Å². The second-order valence-corrected chi connectivity index (χ2v) is 5.56. The fraction of sp³-hybridized carbons (Fsp3) is 0.130. The Hall–Kier alpha value is -2.60. The fourth-order valence-electron chi connectivity index (χ4n) is 3.10. The summed E-state index contributed by atoms with van der Waals surface area (Å²) in [4.78, 5) is 0. The highest BCUT2D eigenvalue weighted by atomic mass is 14.1. The second kappa shape index (κ2) is 6.66. The Kier molecular flexibility index (Phi) is 4.43. The van der Waals surface area contributed by atoms with Crippen LogP contribution in [0, 0.1) is 6.92 Å². The number of hydrogen-bond donors (Lipinski definition) is 0. The van der Waals surface area contributed by atoms with E-state index in [1.807, 2.05) is 13.8 Å². The van der Waals surface area contributed by atoms with E-state index >= 15 is 0 Å². The van der Waals surface area contributed by atoms with Gasteiger partial charge < -0.3 is 0 Å². The highest BCUT2D eigenvalue weighted by molar-refractivity contribution is 6.11. The van der Waals surface area contributed by atoms with Crippen molar-refractivity contribution in [3.8, 4) is 11.1 Å². The van der Waals surface area contributed by atoms with Crippen LogP contribution in [0.25, 0.3) is 32.7 Å². The van der Waals surface area contributed by atoms with E-state index in [9.17, 15) is 0 Å². The minimum atomic E-state index is 1.29. The molecule has 0 heteroatoms. The van der Waals surface area contributed by atoms with E-state index < -0.39 is 0 Å². The zero-order valence-corrected chi connectivity index (χ0v) is 14.0. The lowest BCUT2D eigenvalue weighted by atomic mass is 9.94. The van der Waals surface area contributed by atoms with Crippen LogP contribution in [0.15, 0.2) is 78.9 Å². The molecule has 0 aliphatic heterocycles. The topological polar surface area (TPSA) is 0 Å². The zero-order chi connectivity index (χ0) is 16.2. The predicted octanol–water partition coefficient (Wildman–Crippen LogP) is 6.99. The van der Waals surface area contributed by atoms with Crippen LogP contribution >= 0.6 is 0 Å². The third-order valence-electron chi connectivity index (χ3n) is 4.12. The zero-order valence-electron chi connectivity index (χ0n) is 14.0. The Balaban J connectivity index is 0.000000753. The molecule has 0 bridgehead atoms. The average molecular weight is 298 g/mol. The average Bonchev–Trinajstić information content (AvgIpc) is 2.63. The van der Waals surface area contributed by atoms with Gasteiger partial charge in [0.25, 0.3) is 0 Å². The third kappa shape index (κ3) is 2.85. The van der Waals surface area contributed by atoms with Crippen LogP contribution in [0.3, 0.4) is 0 Å². The summed E-state index contributed by atoms with van der Waals surface area (Å²) in [7, 11) is 0. The minimum Gasteiger partial charge on any atom is -0.0683 e. The van der Waals surface area contributed by atoms with Gasteiger partial charge in [-0.05, 0) is 39.6 Å². The number of aryl methyl sites for hydroxylation is 1. The molecule has 0 N–H and O–H groups in total. The van der Waals surface area contributed by atoms with Crippen molar-refractivity contribution in [2.45, 2.75) is 20.8 Å². The number of benzene rings is 4. The highest BCUT2D eigenvalue weighted by Gasteiger charge is 2.06. The first-order valence-corrected chi connectivity index (χ1v) is 8.30. The first-order chi connectivity index (χ1) is 11.3. The summed E-state index contributed by atoms with van der Waals surface area (Å²) in [5.74, 6) is 0. The molecule has 0 aromatic heterocycles. The molecule has 0 heterocycles. The van der Waals surface area contributed by atoms with Crippen molar-refractivity contribution in [2.75, 3.05) is 0 Å². The van der Waals surface area contributed by atoms with Gasteiger partial charge in [0, 0.05) is 0 Å². The summed E-state index contributed by atoms with van der Waals surface area (Å²) in [6.45, 7) is 6.14. The Morgan fingerprint density at radius 3 is 2.13 bits per heavy atom. The molecule has 0 unspecified atom stereocenters. The van der Waals surface area contributed by atoms with E-state index in [2.05, 4.69) is 85.8 Å². The van der Waals surface area contributed by atoms with E-state index in [-0.39, 0.29) is 0 Å². The van der Waals surface area contributed by atoms with E-state index in [1.54, 1.807) is 0 Å². The van der Waals surface area contributed by atoms with E-state index in [0.717, 1.165) is 0 Å². The molecule has 4 aromatic carbocycles. The predicted molar refractivity (Wildman–Crippen MR) is 103 cm³/mol. The standard InChI is InChI=1S/C21H16.C2H6/c1-15-6-4-8-17(14-15)19-10-5-11-20-18-9-3-2-7-16(18)12-13-21(19)20;1-2/h2-14H,1H3;1-2H3. The molecule has 0 aliphatic rings. The van der Waals surface area contributed by atoms with Gasteiger partial charge >= 0.3 is 0 Å². The normalized spacial score (nSPS) is 10.4.